The Morgan fingerprint density at radius 2 is 2.08 bits per heavy atom. The van der Waals surface area contributed by atoms with Crippen LogP contribution in [0.5, 0.6) is 0 Å². The van der Waals surface area contributed by atoms with Crippen molar-refractivity contribution in [2.75, 3.05) is 24.5 Å². The summed E-state index contributed by atoms with van der Waals surface area (Å²) in [5.74, 6) is 0.482. The van der Waals surface area contributed by atoms with Crippen LogP contribution in [0.1, 0.15) is 24.8 Å². The molecule has 0 aromatic carbocycles. The number of urea groups is 1. The van der Waals surface area contributed by atoms with E-state index in [1.165, 1.54) is 18.4 Å². The molecule has 0 bridgehead atoms. The third-order valence-electron chi connectivity index (χ3n) is 4.89. The topological polar surface area (TPSA) is 78.7 Å². The van der Waals surface area contributed by atoms with Crippen LogP contribution in [0.3, 0.4) is 0 Å². The first kappa shape index (κ1) is 15.1. The van der Waals surface area contributed by atoms with E-state index < -0.39 is 0 Å². The number of carbonyl (C=O) groups is 2. The van der Waals surface area contributed by atoms with Gasteiger partial charge in [-0.15, -0.1) is 0 Å². The number of fused-ring (bicyclic) bond motifs is 1. The third kappa shape index (κ3) is 2.87. The molecule has 2 saturated heterocycles. The second-order valence-corrected chi connectivity index (χ2v) is 6.55. The summed E-state index contributed by atoms with van der Waals surface area (Å²) in [5.41, 5.74) is 2.93. The number of amides is 3. The molecule has 24 heavy (non-hydrogen) atoms. The standard InChI is InChI=1S/C17H21N5O2/c23-16-4-7-21(17(24)20-16)15-11-19-22-8-3-13(10-14(15)22)9-12-1-5-18-6-2-12/h3,8,10-12,18H,1-2,4-7,9H2,(H,20,23,24). The number of anilines is 1. The minimum absolute atomic E-state index is 0.223. The lowest BCUT2D eigenvalue weighted by molar-refractivity contribution is -0.120. The molecule has 3 amide bonds. The average Bonchev–Trinajstić information content (AvgIpc) is 2.99. The molecule has 4 heterocycles. The van der Waals surface area contributed by atoms with Crippen molar-refractivity contribution in [3.63, 3.8) is 0 Å². The molecule has 7 heteroatoms. The summed E-state index contributed by atoms with van der Waals surface area (Å²) in [6, 6.07) is 3.85. The number of imide groups is 1. The lowest BCUT2D eigenvalue weighted by Crippen LogP contribution is -2.49. The highest BCUT2D eigenvalue weighted by Gasteiger charge is 2.26. The van der Waals surface area contributed by atoms with Crippen LogP contribution in [0, 0.1) is 5.92 Å². The molecule has 2 aromatic heterocycles. The zero-order chi connectivity index (χ0) is 16.5. The van der Waals surface area contributed by atoms with Crippen molar-refractivity contribution in [3.8, 4) is 0 Å². The zero-order valence-corrected chi connectivity index (χ0v) is 13.5. The first-order valence-electron chi connectivity index (χ1n) is 8.49. The normalized spacial score (nSPS) is 19.8. The molecular formula is C17H21N5O2. The Kier molecular flexibility index (Phi) is 3.93. The van der Waals surface area contributed by atoms with Gasteiger partial charge in [0.05, 0.1) is 17.4 Å². The highest BCUT2D eigenvalue weighted by molar-refractivity contribution is 6.07. The maximum Gasteiger partial charge on any atom is 0.328 e. The molecule has 7 nitrogen and oxygen atoms in total. The Labute approximate surface area is 140 Å². The van der Waals surface area contributed by atoms with Crippen LogP contribution in [-0.2, 0) is 11.2 Å². The number of nitrogens with one attached hydrogen (secondary N) is 2. The molecule has 2 aliphatic heterocycles. The van der Waals surface area contributed by atoms with Crippen LogP contribution in [0.25, 0.3) is 5.52 Å². The summed E-state index contributed by atoms with van der Waals surface area (Å²) in [4.78, 5) is 25.0. The van der Waals surface area contributed by atoms with Gasteiger partial charge in [0.1, 0.15) is 0 Å². The molecule has 0 saturated carbocycles. The number of piperidine rings is 1. The molecule has 2 aromatic rings. The number of rotatable bonds is 3. The summed E-state index contributed by atoms with van der Waals surface area (Å²) in [5, 5.41) is 10.1. The maximum absolute atomic E-state index is 12.1. The van der Waals surface area contributed by atoms with Gasteiger partial charge in [-0.05, 0) is 56.0 Å². The van der Waals surface area contributed by atoms with E-state index in [-0.39, 0.29) is 11.9 Å². The van der Waals surface area contributed by atoms with Gasteiger partial charge in [-0.25, -0.2) is 9.31 Å². The van der Waals surface area contributed by atoms with E-state index in [4.69, 9.17) is 0 Å². The fourth-order valence-corrected chi connectivity index (χ4v) is 3.56. The van der Waals surface area contributed by atoms with Gasteiger partial charge in [0, 0.05) is 19.2 Å². The van der Waals surface area contributed by atoms with Crippen molar-refractivity contribution in [2.24, 2.45) is 5.92 Å². The van der Waals surface area contributed by atoms with Crippen LogP contribution < -0.4 is 15.5 Å². The van der Waals surface area contributed by atoms with Crippen LogP contribution in [0.15, 0.2) is 24.5 Å². The third-order valence-corrected chi connectivity index (χ3v) is 4.89. The van der Waals surface area contributed by atoms with Crippen molar-refractivity contribution < 1.29 is 9.59 Å². The highest BCUT2D eigenvalue weighted by Crippen LogP contribution is 2.26. The molecule has 0 unspecified atom stereocenters. The maximum atomic E-state index is 12.1. The van der Waals surface area contributed by atoms with E-state index in [9.17, 15) is 9.59 Å². The summed E-state index contributed by atoms with van der Waals surface area (Å²) >= 11 is 0. The molecule has 2 aliphatic rings. The lowest BCUT2D eigenvalue weighted by Gasteiger charge is -2.25. The highest BCUT2D eigenvalue weighted by atomic mass is 16.2. The Morgan fingerprint density at radius 1 is 1.25 bits per heavy atom. The van der Waals surface area contributed by atoms with E-state index in [1.807, 2.05) is 6.20 Å². The first-order chi connectivity index (χ1) is 11.7. The van der Waals surface area contributed by atoms with Crippen LogP contribution in [0.4, 0.5) is 10.5 Å². The summed E-state index contributed by atoms with van der Waals surface area (Å²) in [6.07, 6.45) is 7.41. The van der Waals surface area contributed by atoms with Crippen LogP contribution in [-0.4, -0.2) is 41.2 Å². The zero-order valence-electron chi connectivity index (χ0n) is 13.5. The Hall–Kier alpha value is -2.41. The van der Waals surface area contributed by atoms with Gasteiger partial charge in [-0.3, -0.25) is 15.0 Å². The largest absolute Gasteiger partial charge is 0.328 e. The van der Waals surface area contributed by atoms with Crippen molar-refractivity contribution in [2.45, 2.75) is 25.7 Å². The van der Waals surface area contributed by atoms with Crippen LogP contribution in [0.2, 0.25) is 0 Å². The number of hydrogen-bond acceptors (Lipinski definition) is 4. The number of carbonyl (C=O) groups excluding carboxylic acids is 2. The second-order valence-electron chi connectivity index (χ2n) is 6.55. The number of nitrogens with zero attached hydrogens (tertiary/aromatic N) is 3. The van der Waals surface area contributed by atoms with E-state index in [2.05, 4.69) is 27.9 Å². The van der Waals surface area contributed by atoms with E-state index in [1.54, 1.807) is 15.6 Å². The smallest absolute Gasteiger partial charge is 0.317 e. The summed E-state index contributed by atoms with van der Waals surface area (Å²) in [6.45, 7) is 2.57. The molecule has 2 fully saturated rings. The number of pyridine rings is 1. The average molecular weight is 327 g/mol. The van der Waals surface area contributed by atoms with Crippen molar-refractivity contribution in [1.29, 1.82) is 0 Å². The molecule has 0 spiro atoms. The van der Waals surface area contributed by atoms with Gasteiger partial charge in [-0.1, -0.05) is 0 Å². The molecule has 4 rings (SSSR count). The van der Waals surface area contributed by atoms with Crippen LogP contribution >= 0.6 is 0 Å². The number of hydrogen-bond donors (Lipinski definition) is 2. The van der Waals surface area contributed by atoms with E-state index >= 15 is 0 Å². The van der Waals surface area contributed by atoms with Crippen molar-refractivity contribution in [1.82, 2.24) is 20.2 Å². The SMILES string of the molecule is O=C1CCN(c2cnn3ccc(CC4CCNCC4)cc23)C(=O)N1. The summed E-state index contributed by atoms with van der Waals surface area (Å²) in [7, 11) is 0. The fraction of sp³-hybridized carbons (Fsp3) is 0.471. The summed E-state index contributed by atoms with van der Waals surface area (Å²) < 4.78 is 1.78. The fourth-order valence-electron chi connectivity index (χ4n) is 3.56. The van der Waals surface area contributed by atoms with Gasteiger partial charge < -0.3 is 5.32 Å². The van der Waals surface area contributed by atoms with Gasteiger partial charge in [0.2, 0.25) is 5.91 Å². The minimum atomic E-state index is -0.370. The second kappa shape index (κ2) is 6.24. The molecule has 0 radical (unpaired) electrons. The van der Waals surface area contributed by atoms with E-state index in [0.717, 1.165) is 30.7 Å². The number of aromatic nitrogens is 2. The lowest BCUT2D eigenvalue weighted by atomic mass is 9.91. The molecule has 126 valence electrons. The minimum Gasteiger partial charge on any atom is -0.317 e. The van der Waals surface area contributed by atoms with Crippen molar-refractivity contribution in [3.05, 3.63) is 30.1 Å². The monoisotopic (exact) mass is 327 g/mol. The predicted octanol–water partition coefficient (Wildman–Crippen LogP) is 1.32. The van der Waals surface area contributed by atoms with Crippen molar-refractivity contribution >= 4 is 23.1 Å². The quantitative estimate of drug-likeness (QED) is 0.891. The first-order valence-corrected chi connectivity index (χ1v) is 8.49. The molecule has 0 aliphatic carbocycles. The Bertz CT molecular complexity index is 778. The predicted molar refractivity (Wildman–Crippen MR) is 90.0 cm³/mol. The molecule has 2 N–H and O–H groups in total. The van der Waals surface area contributed by atoms with Gasteiger partial charge in [0.15, 0.2) is 0 Å². The molecular weight excluding hydrogens is 306 g/mol. The van der Waals surface area contributed by atoms with Gasteiger partial charge >= 0.3 is 6.03 Å². The van der Waals surface area contributed by atoms with E-state index in [0.29, 0.717) is 18.9 Å². The molecule has 0 atom stereocenters. The van der Waals surface area contributed by atoms with Gasteiger partial charge in [-0.2, -0.15) is 5.10 Å². The Morgan fingerprint density at radius 3 is 2.88 bits per heavy atom. The van der Waals surface area contributed by atoms with Gasteiger partial charge in [0.25, 0.3) is 0 Å². The Balaban J connectivity index is 1.61.